The van der Waals surface area contributed by atoms with Gasteiger partial charge in [-0.1, -0.05) is 23.8 Å². The highest BCUT2D eigenvalue weighted by Crippen LogP contribution is 2.23. The quantitative estimate of drug-likeness (QED) is 0.921. The largest absolute Gasteiger partial charge is 0.337 e. The number of hydrogen-bond acceptors (Lipinski definition) is 3. The predicted octanol–water partition coefficient (Wildman–Crippen LogP) is 3.86. The summed E-state index contributed by atoms with van der Waals surface area (Å²) in [6.45, 7) is 5.25. The molecule has 1 saturated heterocycles. The number of thiophene rings is 1. The Morgan fingerprint density at radius 3 is 2.79 bits per heavy atom. The fourth-order valence-electron chi connectivity index (χ4n) is 3.12. The van der Waals surface area contributed by atoms with E-state index in [1.165, 1.54) is 16.9 Å². The lowest BCUT2D eigenvalue weighted by Crippen LogP contribution is -2.43. The molecule has 2 heterocycles. The first-order chi connectivity index (χ1) is 11.5. The Bertz CT molecular complexity index is 740. The number of anilines is 1. The molecule has 24 heavy (non-hydrogen) atoms. The van der Waals surface area contributed by atoms with E-state index in [9.17, 15) is 9.59 Å². The molecule has 1 fully saturated rings. The maximum Gasteiger partial charge on any atom is 0.263 e. The van der Waals surface area contributed by atoms with Gasteiger partial charge >= 0.3 is 0 Å². The van der Waals surface area contributed by atoms with Crippen molar-refractivity contribution in [3.8, 4) is 0 Å². The summed E-state index contributed by atoms with van der Waals surface area (Å²) in [4.78, 5) is 27.6. The smallest absolute Gasteiger partial charge is 0.263 e. The summed E-state index contributed by atoms with van der Waals surface area (Å²) in [5.74, 6) is -0.108. The van der Waals surface area contributed by atoms with Crippen LogP contribution in [0.25, 0.3) is 0 Å². The molecular weight excluding hydrogens is 320 g/mol. The van der Waals surface area contributed by atoms with Crippen molar-refractivity contribution < 1.29 is 9.59 Å². The van der Waals surface area contributed by atoms with E-state index in [-0.39, 0.29) is 17.7 Å². The van der Waals surface area contributed by atoms with Crippen LogP contribution in [0.2, 0.25) is 0 Å². The Morgan fingerprint density at radius 2 is 2.08 bits per heavy atom. The monoisotopic (exact) mass is 342 g/mol. The SMILES string of the molecule is Cc1ccc(NC(=O)[C@@H]2CCCN(C(=O)c3cccs3)C2)c(C)c1. The molecule has 0 saturated carbocycles. The van der Waals surface area contributed by atoms with E-state index in [0.29, 0.717) is 6.54 Å². The minimum Gasteiger partial charge on any atom is -0.337 e. The predicted molar refractivity (Wildman–Crippen MR) is 97.5 cm³/mol. The van der Waals surface area contributed by atoms with Crippen molar-refractivity contribution in [2.75, 3.05) is 18.4 Å². The van der Waals surface area contributed by atoms with Crippen LogP contribution < -0.4 is 5.32 Å². The van der Waals surface area contributed by atoms with E-state index in [1.807, 2.05) is 48.4 Å². The maximum atomic E-state index is 12.6. The average Bonchev–Trinajstić information content (AvgIpc) is 3.11. The van der Waals surface area contributed by atoms with E-state index in [1.54, 1.807) is 0 Å². The highest BCUT2D eigenvalue weighted by atomic mass is 32.1. The summed E-state index contributed by atoms with van der Waals surface area (Å²) in [7, 11) is 0. The summed E-state index contributed by atoms with van der Waals surface area (Å²) >= 11 is 1.45. The number of likely N-dealkylation sites (tertiary alicyclic amines) is 1. The van der Waals surface area contributed by atoms with Crippen molar-refractivity contribution in [2.45, 2.75) is 26.7 Å². The summed E-state index contributed by atoms with van der Waals surface area (Å²) in [5, 5.41) is 4.93. The van der Waals surface area contributed by atoms with E-state index < -0.39 is 0 Å². The van der Waals surface area contributed by atoms with Gasteiger partial charge in [0.1, 0.15) is 0 Å². The molecule has 1 aromatic heterocycles. The zero-order valence-electron chi connectivity index (χ0n) is 14.0. The van der Waals surface area contributed by atoms with E-state index in [4.69, 9.17) is 0 Å². The topological polar surface area (TPSA) is 49.4 Å². The Balaban J connectivity index is 1.65. The second-order valence-corrected chi connectivity index (χ2v) is 7.32. The molecule has 1 aliphatic rings. The van der Waals surface area contributed by atoms with Crippen LogP contribution in [0.1, 0.15) is 33.6 Å². The molecule has 0 aliphatic carbocycles. The fourth-order valence-corrected chi connectivity index (χ4v) is 3.81. The first kappa shape index (κ1) is 16.7. The zero-order chi connectivity index (χ0) is 17.1. The minimum absolute atomic E-state index is 0.00522. The molecule has 0 bridgehead atoms. The van der Waals surface area contributed by atoms with Gasteiger partial charge in [0.05, 0.1) is 10.8 Å². The first-order valence-electron chi connectivity index (χ1n) is 8.25. The molecule has 0 radical (unpaired) electrons. The van der Waals surface area contributed by atoms with Gasteiger partial charge in [-0.3, -0.25) is 9.59 Å². The standard InChI is InChI=1S/C19H22N2O2S/c1-13-7-8-16(14(2)11-13)20-18(22)15-5-3-9-21(12-15)19(23)17-6-4-10-24-17/h4,6-8,10-11,15H,3,5,9,12H2,1-2H3,(H,20,22)/t15-/m1/s1. The molecule has 2 amide bonds. The van der Waals surface area contributed by atoms with Gasteiger partial charge < -0.3 is 10.2 Å². The molecule has 1 aromatic carbocycles. The number of nitrogens with zero attached hydrogens (tertiary/aromatic N) is 1. The first-order valence-corrected chi connectivity index (χ1v) is 9.13. The van der Waals surface area contributed by atoms with Crippen molar-refractivity contribution >= 4 is 28.8 Å². The molecule has 1 aliphatic heterocycles. The van der Waals surface area contributed by atoms with Crippen molar-refractivity contribution in [2.24, 2.45) is 5.92 Å². The summed E-state index contributed by atoms with van der Waals surface area (Å²) in [6, 6.07) is 9.72. The van der Waals surface area contributed by atoms with Crippen LogP contribution in [0, 0.1) is 19.8 Å². The fraction of sp³-hybridized carbons (Fsp3) is 0.368. The zero-order valence-corrected chi connectivity index (χ0v) is 14.9. The minimum atomic E-state index is -0.150. The van der Waals surface area contributed by atoms with E-state index in [0.717, 1.165) is 35.5 Å². The van der Waals surface area contributed by atoms with Crippen LogP contribution in [0.3, 0.4) is 0 Å². The molecule has 3 rings (SSSR count). The van der Waals surface area contributed by atoms with Crippen molar-refractivity contribution in [1.29, 1.82) is 0 Å². The lowest BCUT2D eigenvalue weighted by Gasteiger charge is -2.32. The van der Waals surface area contributed by atoms with E-state index in [2.05, 4.69) is 11.4 Å². The second kappa shape index (κ2) is 7.18. The number of carbonyl (C=O) groups excluding carboxylic acids is 2. The number of benzene rings is 1. The molecule has 1 atom stereocenters. The van der Waals surface area contributed by atoms with Crippen molar-refractivity contribution in [1.82, 2.24) is 4.90 Å². The molecular formula is C19H22N2O2S. The van der Waals surface area contributed by atoms with Crippen LogP contribution in [-0.2, 0) is 4.79 Å². The van der Waals surface area contributed by atoms with Gasteiger partial charge in [-0.2, -0.15) is 0 Å². The Labute approximate surface area is 146 Å². The Hall–Kier alpha value is -2.14. The number of aryl methyl sites for hydroxylation is 2. The van der Waals surface area contributed by atoms with Crippen molar-refractivity contribution in [3.63, 3.8) is 0 Å². The summed E-state index contributed by atoms with van der Waals surface area (Å²) < 4.78 is 0. The van der Waals surface area contributed by atoms with Crippen LogP contribution in [0.5, 0.6) is 0 Å². The Kier molecular flexibility index (Phi) is 5.00. The average molecular weight is 342 g/mol. The number of hydrogen-bond donors (Lipinski definition) is 1. The van der Waals surface area contributed by atoms with Gasteiger partial charge in [-0.05, 0) is 49.8 Å². The lowest BCUT2D eigenvalue weighted by atomic mass is 9.96. The van der Waals surface area contributed by atoms with Crippen LogP contribution in [0.15, 0.2) is 35.7 Å². The molecule has 0 spiro atoms. The van der Waals surface area contributed by atoms with Gasteiger partial charge in [-0.15, -0.1) is 11.3 Å². The molecule has 4 nitrogen and oxygen atoms in total. The molecule has 0 unspecified atom stereocenters. The summed E-state index contributed by atoms with van der Waals surface area (Å²) in [6.07, 6.45) is 1.69. The molecule has 2 aromatic rings. The van der Waals surface area contributed by atoms with Gasteiger partial charge in [0.25, 0.3) is 5.91 Å². The number of piperidine rings is 1. The number of rotatable bonds is 3. The number of amides is 2. The van der Waals surface area contributed by atoms with Gasteiger partial charge in [0.2, 0.25) is 5.91 Å². The maximum absolute atomic E-state index is 12.6. The summed E-state index contributed by atoms with van der Waals surface area (Å²) in [5.41, 5.74) is 3.09. The third-order valence-corrected chi connectivity index (χ3v) is 5.31. The molecule has 126 valence electrons. The lowest BCUT2D eigenvalue weighted by molar-refractivity contribution is -0.121. The molecule has 1 N–H and O–H groups in total. The third-order valence-electron chi connectivity index (χ3n) is 4.45. The normalized spacial score (nSPS) is 17.6. The molecule has 5 heteroatoms. The van der Waals surface area contributed by atoms with Gasteiger partial charge in [0.15, 0.2) is 0 Å². The second-order valence-electron chi connectivity index (χ2n) is 6.38. The van der Waals surface area contributed by atoms with Gasteiger partial charge in [-0.25, -0.2) is 0 Å². The highest BCUT2D eigenvalue weighted by molar-refractivity contribution is 7.12. The van der Waals surface area contributed by atoms with Crippen LogP contribution in [0.4, 0.5) is 5.69 Å². The van der Waals surface area contributed by atoms with Gasteiger partial charge in [0, 0.05) is 18.8 Å². The number of nitrogens with one attached hydrogen (secondary N) is 1. The Morgan fingerprint density at radius 1 is 1.25 bits per heavy atom. The van der Waals surface area contributed by atoms with Crippen LogP contribution >= 0.6 is 11.3 Å². The highest BCUT2D eigenvalue weighted by Gasteiger charge is 2.29. The third kappa shape index (κ3) is 3.67. The van der Waals surface area contributed by atoms with E-state index >= 15 is 0 Å². The van der Waals surface area contributed by atoms with Crippen molar-refractivity contribution in [3.05, 3.63) is 51.7 Å². The van der Waals surface area contributed by atoms with Crippen LogP contribution in [-0.4, -0.2) is 29.8 Å². The number of carbonyl (C=O) groups is 2.